The third-order valence-electron chi connectivity index (χ3n) is 2.97. The van der Waals surface area contributed by atoms with Gasteiger partial charge in [0, 0.05) is 21.8 Å². The lowest BCUT2D eigenvalue weighted by atomic mass is 9.98. The van der Waals surface area contributed by atoms with Crippen LogP contribution in [0.25, 0.3) is 0 Å². The van der Waals surface area contributed by atoms with Gasteiger partial charge in [-0.25, -0.2) is 0 Å². The van der Waals surface area contributed by atoms with Crippen LogP contribution >= 0.6 is 27.7 Å². The van der Waals surface area contributed by atoms with E-state index in [0.29, 0.717) is 6.04 Å². The van der Waals surface area contributed by atoms with Gasteiger partial charge >= 0.3 is 0 Å². The molecule has 1 unspecified atom stereocenters. The molecule has 4 heteroatoms. The second kappa shape index (κ2) is 5.43. The van der Waals surface area contributed by atoms with Gasteiger partial charge in [0.1, 0.15) is 5.75 Å². The molecule has 0 spiro atoms. The summed E-state index contributed by atoms with van der Waals surface area (Å²) in [6.07, 6.45) is 1.15. The van der Waals surface area contributed by atoms with Crippen LogP contribution in [0.4, 0.5) is 0 Å². The summed E-state index contributed by atoms with van der Waals surface area (Å²) in [5.74, 6) is 3.25. The van der Waals surface area contributed by atoms with Crippen LogP contribution in [0.1, 0.15) is 23.6 Å². The molecule has 0 saturated heterocycles. The fraction of sp³-hybridized carbons (Fsp3) is 0.500. The van der Waals surface area contributed by atoms with Crippen molar-refractivity contribution in [2.45, 2.75) is 18.2 Å². The quantitative estimate of drug-likeness (QED) is 0.905. The molecule has 1 aliphatic rings. The van der Waals surface area contributed by atoms with Gasteiger partial charge < -0.3 is 10.1 Å². The van der Waals surface area contributed by atoms with E-state index < -0.39 is 0 Å². The van der Waals surface area contributed by atoms with Crippen LogP contribution in [0.15, 0.2) is 16.6 Å². The van der Waals surface area contributed by atoms with E-state index in [-0.39, 0.29) is 0 Å². The first kappa shape index (κ1) is 12.3. The van der Waals surface area contributed by atoms with Crippen molar-refractivity contribution in [3.63, 3.8) is 0 Å². The van der Waals surface area contributed by atoms with Crippen LogP contribution in [0, 0.1) is 0 Å². The number of hydrogen-bond acceptors (Lipinski definition) is 3. The van der Waals surface area contributed by atoms with E-state index in [9.17, 15) is 0 Å². The van der Waals surface area contributed by atoms with Gasteiger partial charge in [-0.2, -0.15) is 11.8 Å². The van der Waals surface area contributed by atoms with Crippen molar-refractivity contribution in [1.82, 2.24) is 5.32 Å². The number of rotatable bonds is 2. The summed E-state index contributed by atoms with van der Waals surface area (Å²) in [5.41, 5.74) is 2.70. The lowest BCUT2D eigenvalue weighted by Crippen LogP contribution is -2.18. The zero-order valence-electron chi connectivity index (χ0n) is 9.55. The van der Waals surface area contributed by atoms with Gasteiger partial charge in [0.05, 0.1) is 7.11 Å². The first-order valence-corrected chi connectivity index (χ1v) is 7.33. The van der Waals surface area contributed by atoms with Gasteiger partial charge in [-0.05, 0) is 36.9 Å². The van der Waals surface area contributed by atoms with Crippen molar-refractivity contribution < 1.29 is 4.74 Å². The number of nitrogens with one attached hydrogen (secondary N) is 1. The Kier molecular flexibility index (Phi) is 4.16. The fourth-order valence-electron chi connectivity index (χ4n) is 2.13. The normalized spacial score (nSPS) is 20.1. The molecule has 2 rings (SSSR count). The summed E-state index contributed by atoms with van der Waals surface area (Å²) >= 11 is 5.63. The highest BCUT2D eigenvalue weighted by atomic mass is 79.9. The number of benzene rings is 1. The zero-order chi connectivity index (χ0) is 11.5. The maximum atomic E-state index is 5.49. The van der Waals surface area contributed by atoms with E-state index in [4.69, 9.17) is 4.74 Å². The van der Waals surface area contributed by atoms with Crippen molar-refractivity contribution >= 4 is 27.7 Å². The standard InChI is InChI=1S/C12H16BrNOS/c1-14-10-5-6-16-7-8-9(13)3-4-11(15-2)12(8)10/h3-4,10,14H,5-7H2,1-2H3. The van der Waals surface area contributed by atoms with Crippen molar-refractivity contribution in [2.75, 3.05) is 19.9 Å². The molecule has 0 bridgehead atoms. The topological polar surface area (TPSA) is 21.3 Å². The summed E-state index contributed by atoms with van der Waals surface area (Å²) in [6, 6.07) is 4.52. The Morgan fingerprint density at radius 2 is 2.31 bits per heavy atom. The number of hydrogen-bond donors (Lipinski definition) is 1. The largest absolute Gasteiger partial charge is 0.496 e. The Bertz CT molecular complexity index is 384. The Morgan fingerprint density at radius 3 is 3.00 bits per heavy atom. The number of fused-ring (bicyclic) bond motifs is 1. The zero-order valence-corrected chi connectivity index (χ0v) is 12.0. The van der Waals surface area contributed by atoms with Crippen LogP contribution in [-0.2, 0) is 5.75 Å². The summed E-state index contributed by atoms with van der Waals surface area (Å²) in [7, 11) is 3.76. The Balaban J connectivity index is 2.55. The lowest BCUT2D eigenvalue weighted by Gasteiger charge is -2.20. The molecular formula is C12H16BrNOS. The van der Waals surface area contributed by atoms with Crippen LogP contribution in [0.5, 0.6) is 5.75 Å². The summed E-state index contributed by atoms with van der Waals surface area (Å²) in [5, 5.41) is 3.39. The van der Waals surface area contributed by atoms with Gasteiger partial charge in [-0.3, -0.25) is 0 Å². The summed E-state index contributed by atoms with van der Waals surface area (Å²) < 4.78 is 6.68. The van der Waals surface area contributed by atoms with E-state index in [0.717, 1.165) is 17.9 Å². The minimum Gasteiger partial charge on any atom is -0.496 e. The van der Waals surface area contributed by atoms with E-state index in [1.165, 1.54) is 21.4 Å². The van der Waals surface area contributed by atoms with E-state index in [1.807, 2.05) is 24.9 Å². The second-order valence-corrected chi connectivity index (χ2v) is 5.78. The molecule has 0 aromatic heterocycles. The number of thioether (sulfide) groups is 1. The molecule has 0 radical (unpaired) electrons. The Morgan fingerprint density at radius 1 is 1.50 bits per heavy atom. The highest BCUT2D eigenvalue weighted by Crippen LogP contribution is 2.40. The number of methoxy groups -OCH3 is 1. The first-order chi connectivity index (χ1) is 7.77. The average molecular weight is 302 g/mol. The molecule has 1 aromatic rings. The van der Waals surface area contributed by atoms with Crippen LogP contribution in [-0.4, -0.2) is 19.9 Å². The summed E-state index contributed by atoms with van der Waals surface area (Å²) in [4.78, 5) is 0. The molecule has 0 aliphatic carbocycles. The molecule has 1 aliphatic heterocycles. The van der Waals surface area contributed by atoms with E-state index in [1.54, 1.807) is 7.11 Å². The minimum absolute atomic E-state index is 0.400. The Hall–Kier alpha value is -0.190. The average Bonchev–Trinajstić information content (AvgIpc) is 2.52. The van der Waals surface area contributed by atoms with Crippen molar-refractivity contribution in [3.05, 3.63) is 27.7 Å². The minimum atomic E-state index is 0.400. The lowest BCUT2D eigenvalue weighted by molar-refractivity contribution is 0.400. The third-order valence-corrected chi connectivity index (χ3v) is 4.73. The SMILES string of the molecule is CNC1CCSCc2c(Br)ccc(OC)c21. The molecule has 1 atom stereocenters. The Labute approximate surface area is 109 Å². The van der Waals surface area contributed by atoms with Gasteiger partial charge in [0.2, 0.25) is 0 Å². The molecule has 0 fully saturated rings. The number of ether oxygens (including phenoxy) is 1. The molecule has 0 amide bonds. The maximum Gasteiger partial charge on any atom is 0.124 e. The summed E-state index contributed by atoms with van der Waals surface area (Å²) in [6.45, 7) is 0. The molecule has 88 valence electrons. The third kappa shape index (κ3) is 2.24. The van der Waals surface area contributed by atoms with Crippen molar-refractivity contribution in [1.29, 1.82) is 0 Å². The van der Waals surface area contributed by atoms with E-state index in [2.05, 4.69) is 27.3 Å². The van der Waals surface area contributed by atoms with Crippen LogP contribution < -0.4 is 10.1 Å². The predicted molar refractivity (Wildman–Crippen MR) is 73.3 cm³/mol. The highest BCUT2D eigenvalue weighted by Gasteiger charge is 2.23. The fourth-order valence-corrected chi connectivity index (χ4v) is 3.87. The predicted octanol–water partition coefficient (Wildman–Crippen LogP) is 3.36. The van der Waals surface area contributed by atoms with Crippen molar-refractivity contribution in [2.24, 2.45) is 0 Å². The van der Waals surface area contributed by atoms with Gasteiger partial charge in [0.15, 0.2) is 0 Å². The highest BCUT2D eigenvalue weighted by molar-refractivity contribution is 9.10. The molecule has 1 aromatic carbocycles. The molecule has 1 N–H and O–H groups in total. The molecule has 0 saturated carbocycles. The first-order valence-electron chi connectivity index (χ1n) is 5.38. The molecule has 16 heavy (non-hydrogen) atoms. The van der Waals surface area contributed by atoms with Gasteiger partial charge in [-0.15, -0.1) is 0 Å². The maximum absolute atomic E-state index is 5.49. The monoisotopic (exact) mass is 301 g/mol. The molecule has 1 heterocycles. The smallest absolute Gasteiger partial charge is 0.124 e. The van der Waals surface area contributed by atoms with E-state index >= 15 is 0 Å². The van der Waals surface area contributed by atoms with Gasteiger partial charge in [0.25, 0.3) is 0 Å². The molecular weight excluding hydrogens is 286 g/mol. The second-order valence-electron chi connectivity index (χ2n) is 3.82. The van der Waals surface area contributed by atoms with Crippen LogP contribution in [0.2, 0.25) is 0 Å². The molecule has 2 nitrogen and oxygen atoms in total. The van der Waals surface area contributed by atoms with Gasteiger partial charge in [-0.1, -0.05) is 15.9 Å². The number of halogens is 1. The van der Waals surface area contributed by atoms with Crippen LogP contribution in [0.3, 0.4) is 0 Å². The van der Waals surface area contributed by atoms with Crippen molar-refractivity contribution in [3.8, 4) is 5.75 Å².